The lowest BCUT2D eigenvalue weighted by Gasteiger charge is -2.23. The fourth-order valence-corrected chi connectivity index (χ4v) is 2.60. The first kappa shape index (κ1) is 16.8. The number of rotatable bonds is 8. The molecule has 20 heavy (non-hydrogen) atoms. The van der Waals surface area contributed by atoms with Crippen LogP contribution in [0.25, 0.3) is 0 Å². The van der Waals surface area contributed by atoms with E-state index in [1.165, 1.54) is 0 Å². The minimum absolute atomic E-state index is 0.0895. The van der Waals surface area contributed by atoms with E-state index >= 15 is 0 Å². The van der Waals surface area contributed by atoms with Gasteiger partial charge in [-0.2, -0.15) is 0 Å². The molecule has 2 unspecified atom stereocenters. The van der Waals surface area contributed by atoms with Gasteiger partial charge in [-0.05, 0) is 25.2 Å². The Morgan fingerprint density at radius 1 is 1.50 bits per heavy atom. The molecule has 2 atom stereocenters. The number of unbranched alkanes of at least 4 members (excludes halogenated alkanes) is 1. The second-order valence-corrected chi connectivity index (χ2v) is 5.44. The van der Waals surface area contributed by atoms with Gasteiger partial charge in [0.25, 0.3) is 0 Å². The van der Waals surface area contributed by atoms with Crippen LogP contribution in [0.3, 0.4) is 0 Å². The summed E-state index contributed by atoms with van der Waals surface area (Å²) in [5, 5.41) is 3.04. The van der Waals surface area contributed by atoms with Crippen LogP contribution in [0.4, 0.5) is 4.79 Å². The van der Waals surface area contributed by atoms with Gasteiger partial charge in [-0.25, -0.2) is 4.79 Å². The molecule has 0 saturated heterocycles. The predicted octanol–water partition coefficient (Wildman–Crippen LogP) is 2.20. The normalized spacial score (nSPS) is 22.5. The predicted molar refractivity (Wildman–Crippen MR) is 80.3 cm³/mol. The van der Waals surface area contributed by atoms with Gasteiger partial charge >= 0.3 is 6.03 Å². The van der Waals surface area contributed by atoms with Gasteiger partial charge in [-0.1, -0.05) is 19.4 Å². The van der Waals surface area contributed by atoms with Crippen LogP contribution in [-0.4, -0.2) is 35.3 Å². The van der Waals surface area contributed by atoms with Gasteiger partial charge in [0.2, 0.25) is 5.91 Å². The summed E-state index contributed by atoms with van der Waals surface area (Å²) in [4.78, 5) is 24.3. The Kier molecular flexibility index (Phi) is 7.44. The molecular formula is C14H24ClN3O2. The maximum absolute atomic E-state index is 12.0. The number of halogens is 1. The molecule has 1 aliphatic rings. The number of carbonyl (C=O) groups excluding carboxylic acids is 2. The second-order valence-electron chi connectivity index (χ2n) is 5.06. The van der Waals surface area contributed by atoms with Crippen molar-refractivity contribution < 1.29 is 9.59 Å². The first-order valence-corrected chi connectivity index (χ1v) is 7.71. The lowest BCUT2D eigenvalue weighted by molar-refractivity contribution is -0.118. The minimum atomic E-state index is -0.255. The summed E-state index contributed by atoms with van der Waals surface area (Å²) in [7, 11) is 0. The van der Waals surface area contributed by atoms with Crippen LogP contribution in [0.5, 0.6) is 0 Å². The number of hydrogen-bond donors (Lipinski definition) is 2. The van der Waals surface area contributed by atoms with E-state index < -0.39 is 0 Å². The van der Waals surface area contributed by atoms with Crippen LogP contribution in [0.1, 0.15) is 39.0 Å². The number of urea groups is 1. The zero-order valence-electron chi connectivity index (χ0n) is 12.0. The molecule has 3 amide bonds. The van der Waals surface area contributed by atoms with Crippen molar-refractivity contribution in [2.45, 2.75) is 45.1 Å². The number of primary amides is 1. The Balaban J connectivity index is 2.55. The monoisotopic (exact) mass is 301 g/mol. The molecule has 114 valence electrons. The molecule has 1 aliphatic heterocycles. The molecule has 3 N–H and O–H groups in total. The maximum Gasteiger partial charge on any atom is 0.321 e. The van der Waals surface area contributed by atoms with Gasteiger partial charge in [-0.3, -0.25) is 4.79 Å². The molecule has 0 bridgehead atoms. The summed E-state index contributed by atoms with van der Waals surface area (Å²) in [5.41, 5.74) is 5.13. The molecule has 1 heterocycles. The smallest absolute Gasteiger partial charge is 0.321 e. The van der Waals surface area contributed by atoms with Crippen molar-refractivity contribution >= 4 is 23.5 Å². The molecule has 1 rings (SSSR count). The van der Waals surface area contributed by atoms with Crippen molar-refractivity contribution in [3.8, 4) is 0 Å². The van der Waals surface area contributed by atoms with Gasteiger partial charge in [0.15, 0.2) is 0 Å². The van der Waals surface area contributed by atoms with E-state index in [2.05, 4.69) is 18.3 Å². The van der Waals surface area contributed by atoms with Gasteiger partial charge in [0.1, 0.15) is 0 Å². The van der Waals surface area contributed by atoms with Gasteiger partial charge < -0.3 is 16.0 Å². The molecule has 0 radical (unpaired) electrons. The van der Waals surface area contributed by atoms with Crippen LogP contribution in [0.15, 0.2) is 12.3 Å². The van der Waals surface area contributed by atoms with Crippen molar-refractivity contribution in [2.75, 3.05) is 12.4 Å². The summed E-state index contributed by atoms with van der Waals surface area (Å²) in [5.74, 6) is 0.449. The molecule has 0 saturated carbocycles. The first-order valence-electron chi connectivity index (χ1n) is 7.18. The fourth-order valence-electron chi connectivity index (χ4n) is 2.41. The van der Waals surface area contributed by atoms with Crippen molar-refractivity contribution in [3.63, 3.8) is 0 Å². The van der Waals surface area contributed by atoms with Crippen LogP contribution in [0.2, 0.25) is 0 Å². The average molecular weight is 302 g/mol. The van der Waals surface area contributed by atoms with Gasteiger partial charge in [0, 0.05) is 31.1 Å². The zero-order valence-corrected chi connectivity index (χ0v) is 12.7. The van der Waals surface area contributed by atoms with E-state index in [1.54, 1.807) is 4.90 Å². The molecule has 0 fully saturated rings. The van der Waals surface area contributed by atoms with Crippen LogP contribution in [-0.2, 0) is 4.79 Å². The summed E-state index contributed by atoms with van der Waals surface area (Å²) < 4.78 is 0. The second kappa shape index (κ2) is 8.84. The van der Waals surface area contributed by atoms with E-state index in [4.69, 9.17) is 17.3 Å². The van der Waals surface area contributed by atoms with Crippen LogP contribution >= 0.6 is 11.6 Å². The van der Waals surface area contributed by atoms with Gasteiger partial charge in [0.05, 0.1) is 0 Å². The summed E-state index contributed by atoms with van der Waals surface area (Å²) in [6, 6.07) is 0.0426. The van der Waals surface area contributed by atoms with Crippen LogP contribution < -0.4 is 11.1 Å². The van der Waals surface area contributed by atoms with E-state index in [-0.39, 0.29) is 23.9 Å². The van der Waals surface area contributed by atoms with Crippen molar-refractivity contribution in [1.82, 2.24) is 10.2 Å². The summed E-state index contributed by atoms with van der Waals surface area (Å²) in [6.45, 7) is 2.57. The highest BCUT2D eigenvalue weighted by Crippen LogP contribution is 2.21. The fraction of sp³-hybridized carbons (Fsp3) is 0.714. The quantitative estimate of drug-likeness (QED) is 0.533. The Labute approximate surface area is 125 Å². The SMILES string of the molecule is CCC1NC(=O)N(CCCl)C=CC1CCCCC(N)=O. The van der Waals surface area contributed by atoms with Crippen molar-refractivity contribution in [3.05, 3.63) is 12.3 Å². The number of alkyl halides is 1. The number of hydrogen-bond acceptors (Lipinski definition) is 2. The van der Waals surface area contributed by atoms with Crippen molar-refractivity contribution in [2.24, 2.45) is 11.7 Å². The topological polar surface area (TPSA) is 75.4 Å². The molecule has 0 aliphatic carbocycles. The van der Waals surface area contributed by atoms with E-state index in [0.717, 1.165) is 25.7 Å². The Hall–Kier alpha value is -1.23. The Morgan fingerprint density at radius 2 is 2.25 bits per heavy atom. The Bertz CT molecular complexity index is 360. The number of nitrogens with two attached hydrogens (primary N) is 1. The minimum Gasteiger partial charge on any atom is -0.370 e. The van der Waals surface area contributed by atoms with Gasteiger partial charge in [-0.15, -0.1) is 11.6 Å². The number of amides is 3. The third-order valence-electron chi connectivity index (χ3n) is 3.58. The third-order valence-corrected chi connectivity index (χ3v) is 3.74. The number of carbonyl (C=O) groups is 2. The van der Waals surface area contributed by atoms with Crippen molar-refractivity contribution in [1.29, 1.82) is 0 Å². The number of nitrogens with one attached hydrogen (secondary N) is 1. The molecule has 0 aromatic heterocycles. The Morgan fingerprint density at radius 3 is 2.85 bits per heavy atom. The zero-order chi connectivity index (χ0) is 15.0. The largest absolute Gasteiger partial charge is 0.370 e. The highest BCUT2D eigenvalue weighted by atomic mass is 35.5. The third kappa shape index (κ3) is 5.41. The molecular weight excluding hydrogens is 278 g/mol. The molecule has 0 aromatic rings. The molecule has 0 aromatic carbocycles. The van der Waals surface area contributed by atoms with E-state index in [1.807, 2.05) is 6.20 Å². The average Bonchev–Trinajstić information content (AvgIpc) is 2.56. The maximum atomic E-state index is 12.0. The van der Waals surface area contributed by atoms with E-state index in [0.29, 0.717) is 18.8 Å². The molecule has 5 nitrogen and oxygen atoms in total. The lowest BCUT2D eigenvalue weighted by atomic mass is 9.92. The highest BCUT2D eigenvalue weighted by Gasteiger charge is 2.24. The number of nitrogens with zero attached hydrogens (tertiary/aromatic N) is 1. The van der Waals surface area contributed by atoms with E-state index in [9.17, 15) is 9.59 Å². The lowest BCUT2D eigenvalue weighted by Crippen LogP contribution is -2.43. The molecule has 0 spiro atoms. The molecule has 6 heteroatoms. The van der Waals surface area contributed by atoms with Crippen LogP contribution in [0, 0.1) is 5.92 Å². The standard InChI is InChI=1S/C14H24ClN3O2/c1-2-12-11(5-3-4-6-13(16)19)7-9-18(10-8-15)14(20)17-12/h7,9,11-12H,2-6,8,10H2,1H3,(H2,16,19)(H,17,20). The highest BCUT2D eigenvalue weighted by molar-refractivity contribution is 6.18. The summed E-state index contributed by atoms with van der Waals surface area (Å²) in [6.07, 6.45) is 7.88. The first-order chi connectivity index (χ1) is 9.58. The summed E-state index contributed by atoms with van der Waals surface area (Å²) >= 11 is 5.69.